The number of nitrogens with zero attached hydrogens (tertiary/aromatic N) is 5. The van der Waals surface area contributed by atoms with Crippen LogP contribution in [0, 0.1) is 6.92 Å². The van der Waals surface area contributed by atoms with Gasteiger partial charge in [-0.2, -0.15) is 4.98 Å². The molecule has 2 heterocycles. The molecule has 0 aliphatic rings. The summed E-state index contributed by atoms with van der Waals surface area (Å²) in [5, 5.41) is 3.58. The molecule has 1 N–H and O–H groups in total. The lowest BCUT2D eigenvalue weighted by Crippen LogP contribution is -2.25. The van der Waals surface area contributed by atoms with E-state index in [9.17, 15) is 0 Å². The zero-order valence-electron chi connectivity index (χ0n) is 18.7. The Labute approximate surface area is 177 Å². The number of aromatic nitrogens is 4. The summed E-state index contributed by atoms with van der Waals surface area (Å²) in [6.45, 7) is 7.45. The van der Waals surface area contributed by atoms with E-state index in [0.29, 0.717) is 5.95 Å². The van der Waals surface area contributed by atoms with E-state index in [2.05, 4.69) is 39.1 Å². The van der Waals surface area contributed by atoms with E-state index in [0.717, 1.165) is 37.6 Å². The van der Waals surface area contributed by atoms with E-state index in [1.165, 1.54) is 57.8 Å². The molecule has 0 aliphatic carbocycles. The van der Waals surface area contributed by atoms with Crippen molar-refractivity contribution >= 4 is 5.82 Å². The third-order valence-electron chi connectivity index (χ3n) is 5.26. The SMILES string of the molecule is CCCCCCCCCCCNCCCN(C)c1cc(C)nc(-n2ccnc2)n1. The minimum Gasteiger partial charge on any atom is -0.359 e. The first kappa shape index (κ1) is 23.3. The Bertz CT molecular complexity index is 655. The third-order valence-corrected chi connectivity index (χ3v) is 5.26. The van der Waals surface area contributed by atoms with Crippen molar-refractivity contribution in [3.8, 4) is 5.95 Å². The monoisotopic (exact) mass is 400 g/mol. The van der Waals surface area contributed by atoms with E-state index in [-0.39, 0.29) is 0 Å². The summed E-state index contributed by atoms with van der Waals surface area (Å²) >= 11 is 0. The minimum absolute atomic E-state index is 0.674. The molecule has 2 rings (SSSR count). The average Bonchev–Trinajstić information content (AvgIpc) is 3.26. The van der Waals surface area contributed by atoms with Crippen LogP contribution in [-0.4, -0.2) is 46.2 Å². The van der Waals surface area contributed by atoms with Gasteiger partial charge in [0.25, 0.3) is 0 Å². The van der Waals surface area contributed by atoms with Crippen LogP contribution in [0.5, 0.6) is 0 Å². The molecule has 0 aromatic carbocycles. The third kappa shape index (κ3) is 9.39. The average molecular weight is 401 g/mol. The molecule has 2 aromatic heterocycles. The number of rotatable bonds is 16. The molecular weight excluding hydrogens is 360 g/mol. The van der Waals surface area contributed by atoms with Crippen molar-refractivity contribution in [2.75, 3.05) is 31.6 Å². The maximum Gasteiger partial charge on any atom is 0.237 e. The fourth-order valence-electron chi connectivity index (χ4n) is 3.47. The highest BCUT2D eigenvalue weighted by atomic mass is 15.2. The molecule has 6 nitrogen and oxygen atoms in total. The predicted molar refractivity (Wildman–Crippen MR) is 122 cm³/mol. The Hall–Kier alpha value is -1.95. The molecule has 0 saturated heterocycles. The topological polar surface area (TPSA) is 58.9 Å². The molecule has 0 spiro atoms. The van der Waals surface area contributed by atoms with E-state index in [4.69, 9.17) is 0 Å². The highest BCUT2D eigenvalue weighted by molar-refractivity contribution is 5.41. The smallest absolute Gasteiger partial charge is 0.237 e. The van der Waals surface area contributed by atoms with Gasteiger partial charge in [-0.15, -0.1) is 0 Å². The second-order valence-electron chi connectivity index (χ2n) is 7.99. The highest BCUT2D eigenvalue weighted by Gasteiger charge is 2.08. The van der Waals surface area contributed by atoms with Crippen LogP contribution in [0.3, 0.4) is 0 Å². The number of nitrogens with one attached hydrogen (secondary N) is 1. The molecule has 162 valence electrons. The lowest BCUT2D eigenvalue weighted by Gasteiger charge is -2.19. The summed E-state index contributed by atoms with van der Waals surface area (Å²) in [6.07, 6.45) is 18.9. The molecule has 0 saturated carbocycles. The van der Waals surface area contributed by atoms with Crippen LogP contribution in [0.4, 0.5) is 5.82 Å². The number of anilines is 1. The summed E-state index contributed by atoms with van der Waals surface area (Å²) in [7, 11) is 2.10. The first-order valence-electron chi connectivity index (χ1n) is 11.5. The van der Waals surface area contributed by atoms with E-state index in [1.54, 1.807) is 12.5 Å². The van der Waals surface area contributed by atoms with Gasteiger partial charge in [-0.1, -0.05) is 58.3 Å². The van der Waals surface area contributed by atoms with Gasteiger partial charge in [0.15, 0.2) is 0 Å². The summed E-state index contributed by atoms with van der Waals surface area (Å²) < 4.78 is 1.84. The zero-order valence-corrected chi connectivity index (χ0v) is 18.7. The van der Waals surface area contributed by atoms with Crippen molar-refractivity contribution in [2.24, 2.45) is 0 Å². The maximum absolute atomic E-state index is 4.67. The van der Waals surface area contributed by atoms with Crippen LogP contribution in [0.2, 0.25) is 0 Å². The van der Waals surface area contributed by atoms with Gasteiger partial charge in [0.1, 0.15) is 12.1 Å². The van der Waals surface area contributed by atoms with Crippen LogP contribution in [0.15, 0.2) is 24.8 Å². The van der Waals surface area contributed by atoms with Gasteiger partial charge in [0.05, 0.1) is 0 Å². The first-order chi connectivity index (χ1) is 14.2. The normalized spacial score (nSPS) is 11.1. The van der Waals surface area contributed by atoms with Crippen molar-refractivity contribution in [2.45, 2.75) is 78.1 Å². The summed E-state index contributed by atoms with van der Waals surface area (Å²) in [5.41, 5.74) is 0.967. The van der Waals surface area contributed by atoms with Gasteiger partial charge in [-0.05, 0) is 32.9 Å². The predicted octanol–water partition coefficient (Wildman–Crippen LogP) is 4.92. The zero-order chi connectivity index (χ0) is 20.7. The van der Waals surface area contributed by atoms with E-state index in [1.807, 2.05) is 23.8 Å². The Balaban J connectivity index is 1.54. The van der Waals surface area contributed by atoms with Crippen molar-refractivity contribution in [3.05, 3.63) is 30.5 Å². The minimum atomic E-state index is 0.674. The van der Waals surface area contributed by atoms with Gasteiger partial charge in [0, 0.05) is 37.7 Å². The molecular formula is C23H40N6. The van der Waals surface area contributed by atoms with Gasteiger partial charge in [0.2, 0.25) is 5.95 Å². The second-order valence-corrected chi connectivity index (χ2v) is 7.99. The summed E-state index contributed by atoms with van der Waals surface area (Å²) in [6, 6.07) is 2.04. The molecule has 0 radical (unpaired) electrons. The molecule has 0 aliphatic heterocycles. The Morgan fingerprint density at radius 1 is 0.931 bits per heavy atom. The van der Waals surface area contributed by atoms with Crippen molar-refractivity contribution in [3.63, 3.8) is 0 Å². The molecule has 0 bridgehead atoms. The molecule has 2 aromatic rings. The standard InChI is InChI=1S/C23H40N6/c1-4-5-6-7-8-9-10-11-12-14-24-15-13-17-28(3)22-19-21(2)26-23(27-22)29-18-16-25-20-29/h16,18-20,24H,4-15,17H2,1-3H3. The summed E-state index contributed by atoms with van der Waals surface area (Å²) in [5.74, 6) is 1.63. The number of hydrogen-bond acceptors (Lipinski definition) is 5. The molecule has 0 amide bonds. The molecule has 0 atom stereocenters. The lowest BCUT2D eigenvalue weighted by molar-refractivity contribution is 0.545. The Kier molecular flexibility index (Phi) is 11.3. The first-order valence-corrected chi connectivity index (χ1v) is 11.5. The van der Waals surface area contributed by atoms with Crippen molar-refractivity contribution in [1.82, 2.24) is 24.8 Å². The molecule has 0 unspecified atom stereocenters. The van der Waals surface area contributed by atoms with Gasteiger partial charge >= 0.3 is 0 Å². The largest absolute Gasteiger partial charge is 0.359 e. The number of hydrogen-bond donors (Lipinski definition) is 1. The fraction of sp³-hybridized carbons (Fsp3) is 0.696. The van der Waals surface area contributed by atoms with Gasteiger partial charge < -0.3 is 10.2 Å². The summed E-state index contributed by atoms with van der Waals surface area (Å²) in [4.78, 5) is 15.5. The number of unbranched alkanes of at least 4 members (excludes halogenated alkanes) is 8. The lowest BCUT2D eigenvalue weighted by atomic mass is 10.1. The second kappa shape index (κ2) is 14.1. The van der Waals surface area contributed by atoms with Gasteiger partial charge in [-0.3, -0.25) is 4.57 Å². The quantitative estimate of drug-likeness (QED) is 0.405. The Morgan fingerprint density at radius 2 is 1.62 bits per heavy atom. The molecule has 0 fully saturated rings. The van der Waals surface area contributed by atoms with Gasteiger partial charge in [-0.25, -0.2) is 9.97 Å². The van der Waals surface area contributed by atoms with Crippen LogP contribution >= 0.6 is 0 Å². The number of aryl methyl sites for hydroxylation is 1. The van der Waals surface area contributed by atoms with Crippen LogP contribution in [-0.2, 0) is 0 Å². The van der Waals surface area contributed by atoms with E-state index >= 15 is 0 Å². The van der Waals surface area contributed by atoms with Crippen LogP contribution in [0.1, 0.15) is 76.8 Å². The molecule has 29 heavy (non-hydrogen) atoms. The Morgan fingerprint density at radius 3 is 2.31 bits per heavy atom. The van der Waals surface area contributed by atoms with Crippen molar-refractivity contribution < 1.29 is 0 Å². The maximum atomic E-state index is 4.67. The van der Waals surface area contributed by atoms with Crippen LogP contribution < -0.4 is 10.2 Å². The number of imidazole rings is 1. The van der Waals surface area contributed by atoms with Crippen molar-refractivity contribution in [1.29, 1.82) is 0 Å². The fourth-order valence-corrected chi connectivity index (χ4v) is 3.47. The molecule has 6 heteroatoms. The highest BCUT2D eigenvalue weighted by Crippen LogP contribution is 2.13. The van der Waals surface area contributed by atoms with E-state index < -0.39 is 0 Å². The van der Waals surface area contributed by atoms with Crippen LogP contribution in [0.25, 0.3) is 5.95 Å².